The first kappa shape index (κ1) is 34.6. The van der Waals surface area contributed by atoms with Crippen molar-refractivity contribution in [2.45, 2.75) is 0 Å². The minimum Gasteiger partial charge on any atom is -0.309 e. The number of hydrogen-bond donors (Lipinski definition) is 0. The first-order chi connectivity index (χ1) is 30.8. The van der Waals surface area contributed by atoms with E-state index in [1.807, 2.05) is 0 Å². The van der Waals surface area contributed by atoms with Crippen molar-refractivity contribution in [2.75, 3.05) is 0 Å². The fourth-order valence-electron chi connectivity index (χ4n) is 10.3. The van der Waals surface area contributed by atoms with Gasteiger partial charge in [-0.15, -0.1) is 0 Å². The van der Waals surface area contributed by atoms with Crippen LogP contribution in [0.5, 0.6) is 0 Å². The lowest BCUT2D eigenvalue weighted by molar-refractivity contribution is 1.18. The summed E-state index contributed by atoms with van der Waals surface area (Å²) in [6, 6.07) is 84.9. The molecule has 0 N–H and O–H groups in total. The van der Waals surface area contributed by atoms with Crippen LogP contribution in [0.1, 0.15) is 0 Å². The third-order valence-corrected chi connectivity index (χ3v) is 13.1. The van der Waals surface area contributed by atoms with E-state index in [1.165, 1.54) is 116 Å². The highest BCUT2D eigenvalue weighted by Gasteiger charge is 2.23. The first-order valence-corrected chi connectivity index (χ1v) is 21.4. The summed E-state index contributed by atoms with van der Waals surface area (Å²) in [5.41, 5.74) is 22.0. The van der Waals surface area contributed by atoms with Gasteiger partial charge in [0.05, 0.1) is 22.1 Å². The van der Waals surface area contributed by atoms with E-state index in [0.29, 0.717) is 0 Å². The highest BCUT2D eigenvalue weighted by atomic mass is 15.0. The Bertz CT molecular complexity index is 3730. The van der Waals surface area contributed by atoms with E-state index < -0.39 is 0 Å². The highest BCUT2D eigenvalue weighted by Crippen LogP contribution is 2.49. The van der Waals surface area contributed by atoms with Crippen molar-refractivity contribution >= 4 is 43.6 Å². The number of nitrogens with zero attached hydrogens (tertiary/aromatic N) is 2. The quantitative estimate of drug-likeness (QED) is 0.168. The second-order valence-corrected chi connectivity index (χ2v) is 16.5. The Morgan fingerprint density at radius 1 is 0.194 bits per heavy atom. The minimum absolute atomic E-state index is 1.15. The molecule has 0 radical (unpaired) electrons. The van der Waals surface area contributed by atoms with Gasteiger partial charge in [0.15, 0.2) is 0 Å². The Morgan fingerprint density at radius 3 is 0.952 bits per heavy atom. The zero-order valence-electron chi connectivity index (χ0n) is 33.8. The molecule has 13 rings (SSSR count). The van der Waals surface area contributed by atoms with E-state index in [9.17, 15) is 0 Å². The summed E-state index contributed by atoms with van der Waals surface area (Å²) in [4.78, 5) is 0. The van der Waals surface area contributed by atoms with Crippen LogP contribution in [0.25, 0.3) is 122 Å². The second kappa shape index (κ2) is 13.7. The molecule has 2 heteroatoms. The van der Waals surface area contributed by atoms with Gasteiger partial charge in [-0.05, 0) is 140 Å². The predicted octanol–water partition coefficient (Wildman–Crippen LogP) is 16.2. The van der Waals surface area contributed by atoms with Crippen LogP contribution in [0.3, 0.4) is 0 Å². The number of fused-ring (bicyclic) bond motifs is 14. The van der Waals surface area contributed by atoms with E-state index in [0.717, 1.165) is 5.69 Å². The van der Waals surface area contributed by atoms with Gasteiger partial charge in [-0.25, -0.2) is 0 Å². The van der Waals surface area contributed by atoms with Crippen molar-refractivity contribution in [2.24, 2.45) is 0 Å². The van der Waals surface area contributed by atoms with Crippen LogP contribution in [0.2, 0.25) is 0 Å². The largest absolute Gasteiger partial charge is 0.309 e. The Labute approximate surface area is 359 Å². The number of aromatic nitrogens is 2. The predicted molar refractivity (Wildman–Crippen MR) is 261 cm³/mol. The molecule has 0 amide bonds. The van der Waals surface area contributed by atoms with Gasteiger partial charge in [0.1, 0.15) is 0 Å². The molecule has 0 aliphatic heterocycles. The average Bonchev–Trinajstić information content (AvgIpc) is 3.86. The molecule has 0 bridgehead atoms. The molecule has 1 aliphatic carbocycles. The van der Waals surface area contributed by atoms with Gasteiger partial charge in [-0.1, -0.05) is 158 Å². The van der Waals surface area contributed by atoms with Crippen molar-refractivity contribution in [3.8, 4) is 78.1 Å². The van der Waals surface area contributed by atoms with Gasteiger partial charge in [0.2, 0.25) is 0 Å². The molecule has 288 valence electrons. The molecule has 62 heavy (non-hydrogen) atoms. The fraction of sp³-hybridized carbons (Fsp3) is 0. The van der Waals surface area contributed by atoms with Crippen molar-refractivity contribution in [1.82, 2.24) is 9.13 Å². The van der Waals surface area contributed by atoms with E-state index in [-0.39, 0.29) is 0 Å². The van der Waals surface area contributed by atoms with E-state index in [1.54, 1.807) is 0 Å². The molecular weight excluding hydrogens is 749 g/mol. The monoisotopic (exact) mass is 786 g/mol. The van der Waals surface area contributed by atoms with Crippen LogP contribution in [-0.4, -0.2) is 9.13 Å². The Morgan fingerprint density at radius 2 is 0.500 bits per heavy atom. The smallest absolute Gasteiger partial charge is 0.0541 e. The first-order valence-electron chi connectivity index (χ1n) is 21.4. The SMILES string of the molecule is c1ccc(-n2c3ccccc3c3cc(-c4ccc5c(c4)c4cc(-c6ccc7c(c6)-c6ccccc6-c6ccccc6-c6ccccc6-7)ccc4n5-c4ccccc4)ccc32)cc1. The van der Waals surface area contributed by atoms with Crippen LogP contribution in [0.4, 0.5) is 0 Å². The third-order valence-electron chi connectivity index (χ3n) is 13.1. The van der Waals surface area contributed by atoms with Crippen LogP contribution in [-0.2, 0) is 0 Å². The molecule has 2 heterocycles. The lowest BCUT2D eigenvalue weighted by atomic mass is 9.80. The van der Waals surface area contributed by atoms with Gasteiger partial charge in [-0.2, -0.15) is 0 Å². The van der Waals surface area contributed by atoms with Gasteiger partial charge < -0.3 is 9.13 Å². The van der Waals surface area contributed by atoms with Crippen molar-refractivity contribution in [1.29, 1.82) is 0 Å². The summed E-state index contributed by atoms with van der Waals surface area (Å²) < 4.78 is 4.80. The average molecular weight is 787 g/mol. The summed E-state index contributed by atoms with van der Waals surface area (Å²) >= 11 is 0. The number of rotatable bonds is 4. The van der Waals surface area contributed by atoms with Crippen LogP contribution < -0.4 is 0 Å². The lowest BCUT2D eigenvalue weighted by Gasteiger charge is -2.23. The van der Waals surface area contributed by atoms with E-state index >= 15 is 0 Å². The van der Waals surface area contributed by atoms with E-state index in [2.05, 4.69) is 240 Å². The van der Waals surface area contributed by atoms with Crippen LogP contribution in [0, 0.1) is 0 Å². The van der Waals surface area contributed by atoms with Crippen molar-refractivity contribution in [3.63, 3.8) is 0 Å². The molecule has 0 spiro atoms. The summed E-state index contributed by atoms with van der Waals surface area (Å²) in [6.07, 6.45) is 0. The standard InChI is InChI=1S/C60H38N2/c1-3-15-43(16-4-1)61-57-26-14-13-25-52(57)54-36-40(28-32-58(54)61)42-30-34-60-56(38-42)55-37-41(29-33-59(55)62(60)44-17-5-2-6-18-44)39-27-31-51-49-23-10-9-21-47(49)45-19-7-8-20-46(45)48-22-11-12-24-50(48)53(51)35-39/h1-38H. The maximum absolute atomic E-state index is 2.42. The van der Waals surface area contributed by atoms with Gasteiger partial charge in [0, 0.05) is 32.9 Å². The second-order valence-electron chi connectivity index (χ2n) is 16.5. The summed E-state index contributed by atoms with van der Waals surface area (Å²) in [6.45, 7) is 0. The Kier molecular flexibility index (Phi) is 7.64. The van der Waals surface area contributed by atoms with E-state index in [4.69, 9.17) is 0 Å². The zero-order valence-corrected chi connectivity index (χ0v) is 33.8. The number of hydrogen-bond acceptors (Lipinski definition) is 0. The molecule has 0 fully saturated rings. The molecule has 0 unspecified atom stereocenters. The van der Waals surface area contributed by atoms with Crippen LogP contribution >= 0.6 is 0 Å². The Balaban J connectivity index is 1.01. The Hall–Kier alpha value is -8.20. The topological polar surface area (TPSA) is 9.86 Å². The summed E-state index contributed by atoms with van der Waals surface area (Å²) in [7, 11) is 0. The van der Waals surface area contributed by atoms with Crippen molar-refractivity contribution in [3.05, 3.63) is 231 Å². The molecule has 0 saturated carbocycles. The fourth-order valence-corrected chi connectivity index (χ4v) is 10.3. The van der Waals surface area contributed by atoms with Crippen molar-refractivity contribution < 1.29 is 0 Å². The maximum atomic E-state index is 2.42. The summed E-state index contributed by atoms with van der Waals surface area (Å²) in [5.74, 6) is 0. The normalized spacial score (nSPS) is 11.9. The highest BCUT2D eigenvalue weighted by molar-refractivity contribution is 6.14. The van der Waals surface area contributed by atoms with Crippen LogP contribution in [0.15, 0.2) is 231 Å². The molecule has 0 saturated heterocycles. The molecular formula is C60H38N2. The third kappa shape index (κ3) is 5.23. The van der Waals surface area contributed by atoms with Gasteiger partial charge >= 0.3 is 0 Å². The summed E-state index contributed by atoms with van der Waals surface area (Å²) in [5, 5.41) is 4.97. The maximum Gasteiger partial charge on any atom is 0.0541 e. The van der Waals surface area contributed by atoms with Gasteiger partial charge in [0.25, 0.3) is 0 Å². The number of benzene rings is 10. The lowest BCUT2D eigenvalue weighted by Crippen LogP contribution is -1.97. The molecule has 2 aromatic heterocycles. The zero-order chi connectivity index (χ0) is 40.7. The molecule has 12 aromatic rings. The number of para-hydroxylation sites is 3. The molecule has 10 aromatic carbocycles. The molecule has 0 atom stereocenters. The minimum atomic E-state index is 1.15. The molecule has 2 nitrogen and oxygen atoms in total. The molecule has 1 aliphatic rings. The van der Waals surface area contributed by atoms with Gasteiger partial charge in [-0.3, -0.25) is 0 Å².